The third kappa shape index (κ3) is 4.03. The summed E-state index contributed by atoms with van der Waals surface area (Å²) in [5.74, 6) is -0.411. The normalized spacial score (nSPS) is 10.1. The summed E-state index contributed by atoms with van der Waals surface area (Å²) in [6, 6.07) is 8.80. The molecule has 2 aromatic rings. The van der Waals surface area contributed by atoms with Crippen molar-refractivity contribution in [3.8, 4) is 5.75 Å². The van der Waals surface area contributed by atoms with Crippen LogP contribution in [0, 0.1) is 5.82 Å². The number of aliphatic hydroxyl groups is 1. The fourth-order valence-electron chi connectivity index (χ4n) is 1.50. The first kappa shape index (κ1) is 14.0. The summed E-state index contributed by atoms with van der Waals surface area (Å²) in [4.78, 5) is 15.5. The highest BCUT2D eigenvalue weighted by Gasteiger charge is 2.04. The number of hydrogen-bond acceptors (Lipinski definition) is 4. The van der Waals surface area contributed by atoms with Crippen molar-refractivity contribution in [3.63, 3.8) is 0 Å². The number of halogens is 1. The maximum absolute atomic E-state index is 12.9. The Morgan fingerprint density at radius 2 is 2.20 bits per heavy atom. The highest BCUT2D eigenvalue weighted by atomic mass is 19.1. The quantitative estimate of drug-likeness (QED) is 0.872. The fourth-order valence-corrected chi connectivity index (χ4v) is 1.50. The predicted octanol–water partition coefficient (Wildman–Crippen LogP) is 1.73. The number of hydrogen-bond donors (Lipinski definition) is 2. The van der Waals surface area contributed by atoms with Crippen LogP contribution in [0.4, 0.5) is 10.1 Å². The van der Waals surface area contributed by atoms with Gasteiger partial charge in [-0.3, -0.25) is 9.78 Å². The molecule has 0 atom stereocenters. The van der Waals surface area contributed by atoms with Gasteiger partial charge in [0.2, 0.25) is 0 Å². The Labute approximate surface area is 115 Å². The minimum atomic E-state index is -0.424. The number of anilines is 1. The van der Waals surface area contributed by atoms with Gasteiger partial charge in [0.1, 0.15) is 11.6 Å². The molecule has 1 aromatic heterocycles. The standard InChI is InChI=1S/C14H13FN2O3/c15-10-2-1-3-11(6-10)17-14(19)9-20-13-5-4-12(8-18)16-7-13/h1-7,18H,8-9H2,(H,17,19). The first-order valence-electron chi connectivity index (χ1n) is 5.91. The summed E-state index contributed by atoms with van der Waals surface area (Å²) < 4.78 is 18.1. The van der Waals surface area contributed by atoms with Crippen LogP contribution in [0.15, 0.2) is 42.6 Å². The molecule has 0 unspecified atom stereocenters. The zero-order valence-corrected chi connectivity index (χ0v) is 10.5. The first-order valence-corrected chi connectivity index (χ1v) is 5.91. The van der Waals surface area contributed by atoms with E-state index in [0.29, 0.717) is 17.1 Å². The molecule has 0 spiro atoms. The molecular formula is C14H13FN2O3. The van der Waals surface area contributed by atoms with E-state index in [0.717, 1.165) is 0 Å². The molecule has 1 amide bonds. The minimum Gasteiger partial charge on any atom is -0.482 e. The van der Waals surface area contributed by atoms with Gasteiger partial charge in [0.05, 0.1) is 18.5 Å². The Morgan fingerprint density at radius 1 is 1.35 bits per heavy atom. The third-order valence-electron chi connectivity index (χ3n) is 2.44. The molecule has 0 aliphatic heterocycles. The summed E-state index contributed by atoms with van der Waals surface area (Å²) in [6.45, 7) is -0.364. The number of ether oxygens (including phenoxy) is 1. The van der Waals surface area contributed by atoms with Gasteiger partial charge in [0, 0.05) is 5.69 Å². The van der Waals surface area contributed by atoms with E-state index in [-0.39, 0.29) is 13.2 Å². The van der Waals surface area contributed by atoms with E-state index < -0.39 is 11.7 Å². The number of rotatable bonds is 5. The van der Waals surface area contributed by atoms with Crippen LogP contribution in [-0.2, 0) is 11.4 Å². The van der Waals surface area contributed by atoms with Crippen LogP contribution in [0.3, 0.4) is 0 Å². The summed E-state index contributed by atoms with van der Waals surface area (Å²) >= 11 is 0. The molecule has 2 N–H and O–H groups in total. The zero-order valence-electron chi connectivity index (χ0n) is 10.5. The number of pyridine rings is 1. The molecule has 0 fully saturated rings. The number of nitrogens with one attached hydrogen (secondary N) is 1. The van der Waals surface area contributed by atoms with Crippen LogP contribution >= 0.6 is 0 Å². The van der Waals surface area contributed by atoms with Gasteiger partial charge >= 0.3 is 0 Å². The second-order valence-corrected chi connectivity index (χ2v) is 3.99. The second kappa shape index (κ2) is 6.63. The topological polar surface area (TPSA) is 71.5 Å². The molecule has 0 aliphatic carbocycles. The van der Waals surface area contributed by atoms with Crippen molar-refractivity contribution < 1.29 is 19.0 Å². The lowest BCUT2D eigenvalue weighted by atomic mass is 10.3. The van der Waals surface area contributed by atoms with E-state index in [1.54, 1.807) is 18.2 Å². The summed E-state index contributed by atoms with van der Waals surface area (Å²) in [6.07, 6.45) is 1.42. The highest BCUT2D eigenvalue weighted by Crippen LogP contribution is 2.11. The van der Waals surface area contributed by atoms with Crippen molar-refractivity contribution in [2.24, 2.45) is 0 Å². The lowest BCUT2D eigenvalue weighted by Crippen LogP contribution is -2.20. The number of aliphatic hydroxyl groups excluding tert-OH is 1. The number of carbonyl (C=O) groups excluding carboxylic acids is 1. The molecule has 1 aromatic carbocycles. The lowest BCUT2D eigenvalue weighted by Gasteiger charge is -2.07. The van der Waals surface area contributed by atoms with Crippen LogP contribution in [0.1, 0.15) is 5.69 Å². The Hall–Kier alpha value is -2.47. The number of carbonyl (C=O) groups is 1. The van der Waals surface area contributed by atoms with Crippen molar-refractivity contribution in [1.29, 1.82) is 0 Å². The molecule has 20 heavy (non-hydrogen) atoms. The molecule has 0 aliphatic rings. The Balaban J connectivity index is 1.85. The zero-order chi connectivity index (χ0) is 14.4. The predicted molar refractivity (Wildman–Crippen MR) is 70.7 cm³/mol. The molecule has 0 saturated carbocycles. The summed E-state index contributed by atoms with van der Waals surface area (Å²) in [7, 11) is 0. The third-order valence-corrected chi connectivity index (χ3v) is 2.44. The van der Waals surface area contributed by atoms with Crippen LogP contribution in [0.25, 0.3) is 0 Å². The van der Waals surface area contributed by atoms with Gasteiger partial charge < -0.3 is 15.2 Å². The summed E-state index contributed by atoms with van der Waals surface area (Å²) in [5, 5.41) is 11.3. The smallest absolute Gasteiger partial charge is 0.262 e. The number of amides is 1. The van der Waals surface area contributed by atoms with Crippen molar-refractivity contribution in [3.05, 3.63) is 54.1 Å². The van der Waals surface area contributed by atoms with E-state index in [4.69, 9.17) is 9.84 Å². The molecule has 5 nitrogen and oxygen atoms in total. The van der Waals surface area contributed by atoms with Gasteiger partial charge in [0.15, 0.2) is 6.61 Å². The van der Waals surface area contributed by atoms with Crippen molar-refractivity contribution in [1.82, 2.24) is 4.98 Å². The van der Waals surface area contributed by atoms with Gasteiger partial charge in [-0.15, -0.1) is 0 Å². The second-order valence-electron chi connectivity index (χ2n) is 3.99. The Kier molecular flexibility index (Phi) is 4.62. The van der Waals surface area contributed by atoms with Crippen molar-refractivity contribution in [2.45, 2.75) is 6.61 Å². The lowest BCUT2D eigenvalue weighted by molar-refractivity contribution is -0.118. The highest BCUT2D eigenvalue weighted by molar-refractivity contribution is 5.91. The van der Waals surface area contributed by atoms with E-state index in [1.165, 1.54) is 24.4 Å². The average molecular weight is 276 g/mol. The monoisotopic (exact) mass is 276 g/mol. The molecular weight excluding hydrogens is 263 g/mol. The molecule has 0 bridgehead atoms. The van der Waals surface area contributed by atoms with Crippen LogP contribution in [0.5, 0.6) is 5.75 Å². The van der Waals surface area contributed by atoms with Crippen molar-refractivity contribution >= 4 is 11.6 Å². The number of aromatic nitrogens is 1. The average Bonchev–Trinajstić information content (AvgIpc) is 2.46. The molecule has 0 radical (unpaired) electrons. The Morgan fingerprint density at radius 3 is 2.85 bits per heavy atom. The van der Waals surface area contributed by atoms with Gasteiger partial charge in [-0.2, -0.15) is 0 Å². The first-order chi connectivity index (χ1) is 9.67. The fraction of sp³-hybridized carbons (Fsp3) is 0.143. The van der Waals surface area contributed by atoms with Gasteiger partial charge in [0.25, 0.3) is 5.91 Å². The SMILES string of the molecule is O=C(COc1ccc(CO)nc1)Nc1cccc(F)c1. The summed E-state index contributed by atoms with van der Waals surface area (Å²) in [5.41, 5.74) is 0.883. The molecule has 6 heteroatoms. The molecule has 104 valence electrons. The van der Waals surface area contributed by atoms with Gasteiger partial charge in [-0.05, 0) is 30.3 Å². The van der Waals surface area contributed by atoms with E-state index in [9.17, 15) is 9.18 Å². The Bertz CT molecular complexity index is 587. The van der Waals surface area contributed by atoms with Crippen LogP contribution in [-0.4, -0.2) is 22.6 Å². The maximum atomic E-state index is 12.9. The number of nitrogens with zero attached hydrogens (tertiary/aromatic N) is 1. The number of benzene rings is 1. The van der Waals surface area contributed by atoms with Crippen LogP contribution in [0.2, 0.25) is 0 Å². The molecule has 2 rings (SSSR count). The van der Waals surface area contributed by atoms with Crippen LogP contribution < -0.4 is 10.1 Å². The molecule has 1 heterocycles. The van der Waals surface area contributed by atoms with Gasteiger partial charge in [-0.25, -0.2) is 4.39 Å². The van der Waals surface area contributed by atoms with Crippen molar-refractivity contribution in [2.75, 3.05) is 11.9 Å². The maximum Gasteiger partial charge on any atom is 0.262 e. The van der Waals surface area contributed by atoms with E-state index >= 15 is 0 Å². The van der Waals surface area contributed by atoms with E-state index in [1.807, 2.05) is 0 Å². The van der Waals surface area contributed by atoms with E-state index in [2.05, 4.69) is 10.3 Å². The molecule has 0 saturated heterocycles. The van der Waals surface area contributed by atoms with Gasteiger partial charge in [-0.1, -0.05) is 6.07 Å². The largest absolute Gasteiger partial charge is 0.482 e. The minimum absolute atomic E-state index is 0.152.